The van der Waals surface area contributed by atoms with Crippen molar-refractivity contribution in [2.24, 2.45) is 0 Å². The molecular weight excluding hydrogens is 315 g/mol. The van der Waals surface area contributed by atoms with E-state index in [4.69, 9.17) is 0 Å². The predicted octanol–water partition coefficient (Wildman–Crippen LogP) is 4.49. The van der Waals surface area contributed by atoms with Gasteiger partial charge in [0.1, 0.15) is 5.82 Å². The smallest absolute Gasteiger partial charge is 0.232 e. The van der Waals surface area contributed by atoms with Crippen molar-refractivity contribution in [3.05, 3.63) is 95.6 Å². The summed E-state index contributed by atoms with van der Waals surface area (Å²) in [6, 6.07) is 17.5. The van der Waals surface area contributed by atoms with Crippen molar-refractivity contribution >= 4 is 11.6 Å². The van der Waals surface area contributed by atoms with Crippen LogP contribution in [0.2, 0.25) is 0 Å². The van der Waals surface area contributed by atoms with Gasteiger partial charge in [-0.05, 0) is 60.4 Å². The van der Waals surface area contributed by atoms with Crippen molar-refractivity contribution in [2.75, 3.05) is 5.32 Å². The molecular formula is C21H19FN2O. The minimum atomic E-state index is -0.426. The molecule has 0 bridgehead atoms. The van der Waals surface area contributed by atoms with Crippen LogP contribution < -0.4 is 5.32 Å². The molecule has 0 aliphatic heterocycles. The number of hydrogen-bond acceptors (Lipinski definition) is 2. The van der Waals surface area contributed by atoms with Gasteiger partial charge >= 0.3 is 0 Å². The summed E-state index contributed by atoms with van der Waals surface area (Å²) in [7, 11) is 0. The third-order valence-electron chi connectivity index (χ3n) is 4.04. The molecule has 0 aliphatic rings. The summed E-state index contributed by atoms with van der Waals surface area (Å²) in [4.78, 5) is 17.0. The zero-order chi connectivity index (χ0) is 17.6. The molecule has 1 atom stereocenters. The SMILES string of the molecule is Cc1cccc(NC(=O)C(Cc2cccnc2)c2ccc(F)cc2)c1. The van der Waals surface area contributed by atoms with Crippen molar-refractivity contribution in [1.29, 1.82) is 0 Å². The molecule has 126 valence electrons. The maximum Gasteiger partial charge on any atom is 0.232 e. The second-order valence-corrected chi connectivity index (χ2v) is 6.03. The molecule has 1 heterocycles. The van der Waals surface area contributed by atoms with Crippen LogP contribution in [0.25, 0.3) is 0 Å². The maximum atomic E-state index is 13.3. The number of nitrogens with zero attached hydrogens (tertiary/aromatic N) is 1. The Balaban J connectivity index is 1.87. The van der Waals surface area contributed by atoms with Crippen molar-refractivity contribution in [3.8, 4) is 0 Å². The lowest BCUT2D eigenvalue weighted by Crippen LogP contribution is -2.23. The van der Waals surface area contributed by atoms with Crippen LogP contribution in [0, 0.1) is 12.7 Å². The molecule has 3 nitrogen and oxygen atoms in total. The van der Waals surface area contributed by atoms with Crippen LogP contribution in [0.1, 0.15) is 22.6 Å². The number of pyridine rings is 1. The Kier molecular flexibility index (Phi) is 5.19. The van der Waals surface area contributed by atoms with Crippen molar-refractivity contribution in [1.82, 2.24) is 4.98 Å². The van der Waals surface area contributed by atoms with Crippen LogP contribution in [0.15, 0.2) is 73.1 Å². The fraction of sp³-hybridized carbons (Fsp3) is 0.143. The molecule has 0 saturated heterocycles. The third-order valence-corrected chi connectivity index (χ3v) is 4.04. The van der Waals surface area contributed by atoms with E-state index in [0.717, 1.165) is 22.4 Å². The van der Waals surface area contributed by atoms with E-state index in [9.17, 15) is 9.18 Å². The second-order valence-electron chi connectivity index (χ2n) is 6.03. The molecule has 25 heavy (non-hydrogen) atoms. The summed E-state index contributed by atoms with van der Waals surface area (Å²) in [5, 5.41) is 2.96. The van der Waals surface area contributed by atoms with E-state index in [-0.39, 0.29) is 11.7 Å². The average molecular weight is 334 g/mol. The lowest BCUT2D eigenvalue weighted by molar-refractivity contribution is -0.117. The predicted molar refractivity (Wildman–Crippen MR) is 96.9 cm³/mol. The van der Waals surface area contributed by atoms with Crippen LogP contribution in [0.3, 0.4) is 0 Å². The summed E-state index contributed by atoms with van der Waals surface area (Å²) in [5.41, 5.74) is 3.55. The lowest BCUT2D eigenvalue weighted by Gasteiger charge is -2.18. The molecule has 0 fully saturated rings. The molecule has 2 aromatic carbocycles. The van der Waals surface area contributed by atoms with Crippen molar-refractivity contribution in [2.45, 2.75) is 19.3 Å². The highest BCUT2D eigenvalue weighted by atomic mass is 19.1. The molecule has 3 aromatic rings. The average Bonchev–Trinajstić information content (AvgIpc) is 2.61. The Morgan fingerprint density at radius 2 is 1.92 bits per heavy atom. The van der Waals surface area contributed by atoms with Gasteiger partial charge in [-0.3, -0.25) is 9.78 Å². The lowest BCUT2D eigenvalue weighted by atomic mass is 9.91. The van der Waals surface area contributed by atoms with Crippen molar-refractivity contribution in [3.63, 3.8) is 0 Å². The van der Waals surface area contributed by atoms with Gasteiger partial charge < -0.3 is 5.32 Å². The number of benzene rings is 2. The second kappa shape index (κ2) is 7.71. The van der Waals surface area contributed by atoms with Crippen LogP contribution >= 0.6 is 0 Å². The van der Waals surface area contributed by atoms with Crippen LogP contribution in [-0.2, 0) is 11.2 Å². The number of halogens is 1. The van der Waals surface area contributed by atoms with Gasteiger partial charge in [0.15, 0.2) is 0 Å². The fourth-order valence-electron chi connectivity index (χ4n) is 2.76. The summed E-state index contributed by atoms with van der Waals surface area (Å²) >= 11 is 0. The fourth-order valence-corrected chi connectivity index (χ4v) is 2.76. The highest BCUT2D eigenvalue weighted by Crippen LogP contribution is 2.23. The quantitative estimate of drug-likeness (QED) is 0.747. The first-order valence-corrected chi connectivity index (χ1v) is 8.14. The topological polar surface area (TPSA) is 42.0 Å². The third kappa shape index (κ3) is 4.51. The van der Waals surface area contributed by atoms with Gasteiger partial charge in [-0.1, -0.05) is 30.3 Å². The standard InChI is InChI=1S/C21H19FN2O/c1-15-4-2-6-19(12-15)24-21(25)20(13-16-5-3-11-23-14-16)17-7-9-18(22)10-8-17/h2-12,14,20H,13H2,1H3,(H,24,25). The number of amides is 1. The first-order chi connectivity index (χ1) is 12.1. The monoisotopic (exact) mass is 334 g/mol. The van der Waals surface area contributed by atoms with Crippen LogP contribution in [0.5, 0.6) is 0 Å². The molecule has 3 rings (SSSR count). The van der Waals surface area contributed by atoms with E-state index >= 15 is 0 Å². The Bertz CT molecular complexity index is 847. The van der Waals surface area contributed by atoms with Gasteiger partial charge in [0.05, 0.1) is 5.92 Å². The zero-order valence-electron chi connectivity index (χ0n) is 13.9. The van der Waals surface area contributed by atoms with E-state index < -0.39 is 5.92 Å². The van der Waals surface area contributed by atoms with E-state index in [0.29, 0.717) is 6.42 Å². The summed E-state index contributed by atoms with van der Waals surface area (Å²) in [6.07, 6.45) is 3.94. The molecule has 1 unspecified atom stereocenters. The molecule has 1 aromatic heterocycles. The van der Waals surface area contributed by atoms with E-state index in [1.54, 1.807) is 24.5 Å². The summed E-state index contributed by atoms with van der Waals surface area (Å²) in [6.45, 7) is 1.97. The van der Waals surface area contributed by atoms with Crippen LogP contribution in [0.4, 0.5) is 10.1 Å². The van der Waals surface area contributed by atoms with Gasteiger partial charge in [-0.15, -0.1) is 0 Å². The number of carbonyl (C=O) groups is 1. The van der Waals surface area contributed by atoms with Crippen LogP contribution in [-0.4, -0.2) is 10.9 Å². The number of nitrogens with one attached hydrogen (secondary N) is 1. The van der Waals surface area contributed by atoms with E-state index in [2.05, 4.69) is 10.3 Å². The summed E-state index contributed by atoms with van der Waals surface area (Å²) < 4.78 is 13.3. The number of aryl methyl sites for hydroxylation is 1. The molecule has 0 aliphatic carbocycles. The normalized spacial score (nSPS) is 11.8. The number of rotatable bonds is 5. The molecule has 0 spiro atoms. The largest absolute Gasteiger partial charge is 0.326 e. The van der Waals surface area contributed by atoms with Gasteiger partial charge in [-0.2, -0.15) is 0 Å². The highest BCUT2D eigenvalue weighted by Gasteiger charge is 2.21. The molecule has 0 saturated carbocycles. The molecule has 4 heteroatoms. The van der Waals surface area contributed by atoms with Gasteiger partial charge in [-0.25, -0.2) is 4.39 Å². The minimum absolute atomic E-state index is 0.124. The maximum absolute atomic E-state index is 13.3. The van der Waals surface area contributed by atoms with Gasteiger partial charge in [0.25, 0.3) is 0 Å². The Morgan fingerprint density at radius 3 is 2.60 bits per heavy atom. The van der Waals surface area contributed by atoms with E-state index in [1.165, 1.54) is 12.1 Å². The molecule has 1 N–H and O–H groups in total. The van der Waals surface area contributed by atoms with Gasteiger partial charge in [0.2, 0.25) is 5.91 Å². The number of hydrogen-bond donors (Lipinski definition) is 1. The Hall–Kier alpha value is -3.01. The number of aromatic nitrogens is 1. The van der Waals surface area contributed by atoms with Crippen molar-refractivity contribution < 1.29 is 9.18 Å². The Labute approximate surface area is 146 Å². The number of anilines is 1. The van der Waals surface area contributed by atoms with E-state index in [1.807, 2.05) is 43.3 Å². The first kappa shape index (κ1) is 16.8. The summed E-state index contributed by atoms with van der Waals surface area (Å²) in [5.74, 6) is -0.866. The van der Waals surface area contributed by atoms with Gasteiger partial charge in [0, 0.05) is 18.1 Å². The molecule has 1 amide bonds. The zero-order valence-corrected chi connectivity index (χ0v) is 13.9. The number of carbonyl (C=O) groups excluding carboxylic acids is 1. The minimum Gasteiger partial charge on any atom is -0.326 e. The highest BCUT2D eigenvalue weighted by molar-refractivity contribution is 5.96. The Morgan fingerprint density at radius 1 is 1.12 bits per heavy atom. The molecule has 0 radical (unpaired) electrons. The first-order valence-electron chi connectivity index (χ1n) is 8.14.